The van der Waals surface area contributed by atoms with Crippen molar-refractivity contribution in [3.63, 3.8) is 0 Å². The van der Waals surface area contributed by atoms with E-state index < -0.39 is 12.6 Å². The summed E-state index contributed by atoms with van der Waals surface area (Å²) in [6.07, 6.45) is -1.62. The fourth-order valence-electron chi connectivity index (χ4n) is 3.02. The van der Waals surface area contributed by atoms with E-state index in [1.54, 1.807) is 4.90 Å². The Morgan fingerprint density at radius 3 is 2.19 bits per heavy atom. The molecule has 0 radical (unpaired) electrons. The molecule has 1 aliphatic rings. The van der Waals surface area contributed by atoms with Crippen LogP contribution < -0.4 is 4.90 Å². The molecular weight excluding hydrogens is 350 g/mol. The predicted molar refractivity (Wildman–Crippen MR) is 103 cm³/mol. The topological polar surface area (TPSA) is 15.6 Å². The highest BCUT2D eigenvalue weighted by Crippen LogP contribution is 2.39. The number of halogens is 2. The van der Waals surface area contributed by atoms with E-state index in [0.29, 0.717) is 11.4 Å². The van der Waals surface area contributed by atoms with Gasteiger partial charge in [0, 0.05) is 10.6 Å². The van der Waals surface area contributed by atoms with Gasteiger partial charge in [-0.2, -0.15) is 0 Å². The summed E-state index contributed by atoms with van der Waals surface area (Å²) in [6, 6.07) is 22.5. The molecule has 2 aromatic carbocycles. The Morgan fingerprint density at radius 2 is 1.58 bits per heavy atom. The van der Waals surface area contributed by atoms with E-state index in [-0.39, 0.29) is 5.70 Å². The van der Waals surface area contributed by atoms with Crippen LogP contribution in [0.3, 0.4) is 0 Å². The van der Waals surface area contributed by atoms with Gasteiger partial charge in [0.25, 0.3) is 6.43 Å². The van der Waals surface area contributed by atoms with Gasteiger partial charge in [-0.05, 0) is 35.2 Å². The first kappa shape index (κ1) is 16.7. The second-order valence-corrected chi connectivity index (χ2v) is 6.82. The number of allylic oxidation sites excluding steroid dienone is 2. The first-order chi connectivity index (χ1) is 12.7. The van der Waals surface area contributed by atoms with Crippen molar-refractivity contribution in [2.45, 2.75) is 12.6 Å². The highest BCUT2D eigenvalue weighted by Gasteiger charge is 2.33. The van der Waals surface area contributed by atoms with Gasteiger partial charge >= 0.3 is 0 Å². The Morgan fingerprint density at radius 1 is 0.885 bits per heavy atom. The third-order valence-electron chi connectivity index (χ3n) is 4.19. The number of rotatable bonds is 4. The minimum absolute atomic E-state index is 0.0385. The van der Waals surface area contributed by atoms with Crippen LogP contribution in [0.2, 0.25) is 0 Å². The summed E-state index contributed by atoms with van der Waals surface area (Å²) in [4.78, 5) is 7.38. The van der Waals surface area contributed by atoms with Gasteiger partial charge in [-0.3, -0.25) is 4.99 Å². The van der Waals surface area contributed by atoms with E-state index in [1.165, 1.54) is 17.4 Å². The number of benzene rings is 2. The lowest BCUT2D eigenvalue weighted by Crippen LogP contribution is -2.34. The molecule has 0 saturated heterocycles. The van der Waals surface area contributed by atoms with E-state index in [0.717, 1.165) is 10.4 Å². The van der Waals surface area contributed by atoms with Crippen LogP contribution >= 0.6 is 11.3 Å². The lowest BCUT2D eigenvalue weighted by atomic mass is 10.1. The minimum atomic E-state index is -2.60. The molecule has 1 unspecified atom stereocenters. The second kappa shape index (κ2) is 7.22. The molecule has 3 aromatic rings. The van der Waals surface area contributed by atoms with Crippen molar-refractivity contribution < 1.29 is 8.78 Å². The molecule has 0 amide bonds. The largest absolute Gasteiger partial charge is 0.313 e. The Bertz CT molecular complexity index is 919. The summed E-state index contributed by atoms with van der Waals surface area (Å²) in [5, 5.41) is 1.94. The standard InChI is InChI=1S/C21H16F2N2S/c22-20(23)18-14-17(15-8-3-1-4-9-15)24-21(19-12-7-13-26-19)25(18)16-10-5-2-6-11-16/h1-14,20-21H. The molecule has 2 heterocycles. The monoisotopic (exact) mass is 366 g/mol. The van der Waals surface area contributed by atoms with E-state index >= 15 is 0 Å². The molecular formula is C21H16F2N2S. The molecule has 0 spiro atoms. The molecule has 1 aromatic heterocycles. The van der Waals surface area contributed by atoms with Crippen LogP contribution in [-0.4, -0.2) is 12.1 Å². The zero-order valence-electron chi connectivity index (χ0n) is 13.8. The molecule has 0 saturated carbocycles. The predicted octanol–water partition coefficient (Wildman–Crippen LogP) is 5.91. The Kier molecular flexibility index (Phi) is 4.63. The van der Waals surface area contributed by atoms with Crippen LogP contribution in [0.4, 0.5) is 14.5 Å². The van der Waals surface area contributed by atoms with E-state index in [1.807, 2.05) is 78.2 Å². The van der Waals surface area contributed by atoms with Gasteiger partial charge < -0.3 is 4.90 Å². The Balaban J connectivity index is 1.88. The van der Waals surface area contributed by atoms with Gasteiger partial charge in [0.2, 0.25) is 0 Å². The van der Waals surface area contributed by atoms with Gasteiger partial charge in [0.15, 0.2) is 6.17 Å². The van der Waals surface area contributed by atoms with Gasteiger partial charge in [-0.1, -0.05) is 54.6 Å². The molecule has 0 N–H and O–H groups in total. The summed E-state index contributed by atoms with van der Waals surface area (Å²) in [5.74, 6) is 0. The molecule has 0 bridgehead atoms. The molecule has 0 aliphatic carbocycles. The van der Waals surface area contributed by atoms with Crippen molar-refractivity contribution in [1.29, 1.82) is 0 Å². The van der Waals surface area contributed by atoms with Crippen LogP contribution in [0.1, 0.15) is 16.6 Å². The number of hydrogen-bond donors (Lipinski definition) is 0. The van der Waals surface area contributed by atoms with Crippen molar-refractivity contribution in [3.05, 3.63) is 100 Å². The number of thiophene rings is 1. The van der Waals surface area contributed by atoms with E-state index in [9.17, 15) is 8.78 Å². The average Bonchev–Trinajstić information content (AvgIpc) is 3.23. The molecule has 2 nitrogen and oxygen atoms in total. The normalized spacial score (nSPS) is 17.2. The number of nitrogens with zero attached hydrogens (tertiary/aromatic N) is 2. The summed E-state index contributed by atoms with van der Waals surface area (Å²) in [5.41, 5.74) is 2.07. The Hall–Kier alpha value is -2.79. The highest BCUT2D eigenvalue weighted by molar-refractivity contribution is 7.10. The molecule has 4 rings (SSSR count). The lowest BCUT2D eigenvalue weighted by Gasteiger charge is -2.35. The van der Waals surface area contributed by atoms with Crippen molar-refractivity contribution in [2.75, 3.05) is 4.90 Å². The van der Waals surface area contributed by atoms with Crippen LogP contribution in [0.15, 0.2) is 94.9 Å². The molecule has 5 heteroatoms. The Labute approximate surface area is 154 Å². The van der Waals surface area contributed by atoms with E-state index in [2.05, 4.69) is 0 Å². The quantitative estimate of drug-likeness (QED) is 0.561. The maximum Gasteiger partial charge on any atom is 0.278 e. The van der Waals surface area contributed by atoms with Crippen LogP contribution in [-0.2, 0) is 0 Å². The summed E-state index contributed by atoms with van der Waals surface area (Å²) >= 11 is 1.52. The number of para-hydroxylation sites is 1. The maximum absolute atomic E-state index is 14.0. The van der Waals surface area contributed by atoms with Gasteiger partial charge in [-0.15, -0.1) is 11.3 Å². The smallest absolute Gasteiger partial charge is 0.278 e. The summed E-state index contributed by atoms with van der Waals surface area (Å²) in [6.45, 7) is 0. The molecule has 1 atom stereocenters. The van der Waals surface area contributed by atoms with E-state index in [4.69, 9.17) is 4.99 Å². The van der Waals surface area contributed by atoms with Crippen LogP contribution in [0.25, 0.3) is 0 Å². The number of alkyl halides is 2. The zero-order chi connectivity index (χ0) is 17.9. The fraction of sp³-hybridized carbons (Fsp3) is 0.0952. The number of hydrogen-bond acceptors (Lipinski definition) is 3. The number of aliphatic imine (C=N–C) groups is 1. The van der Waals surface area contributed by atoms with Crippen molar-refractivity contribution in [3.8, 4) is 0 Å². The lowest BCUT2D eigenvalue weighted by molar-refractivity contribution is 0.183. The molecule has 0 fully saturated rings. The summed E-state index contributed by atoms with van der Waals surface area (Å²) < 4.78 is 28.0. The molecule has 1 aliphatic heterocycles. The third kappa shape index (κ3) is 3.18. The molecule has 130 valence electrons. The van der Waals surface area contributed by atoms with Crippen molar-refractivity contribution >= 4 is 22.7 Å². The SMILES string of the molecule is FC(F)C1=CC(c2ccccc2)=NC(c2cccs2)N1c1ccccc1. The number of anilines is 1. The third-order valence-corrected chi connectivity index (χ3v) is 5.11. The maximum atomic E-state index is 14.0. The fourth-order valence-corrected chi connectivity index (χ4v) is 3.77. The van der Waals surface area contributed by atoms with Crippen molar-refractivity contribution in [2.24, 2.45) is 4.99 Å². The molecule has 26 heavy (non-hydrogen) atoms. The average molecular weight is 366 g/mol. The van der Waals surface area contributed by atoms with Gasteiger partial charge in [-0.25, -0.2) is 8.78 Å². The second-order valence-electron chi connectivity index (χ2n) is 5.84. The first-order valence-corrected chi connectivity index (χ1v) is 9.12. The van der Waals surface area contributed by atoms with Crippen LogP contribution in [0.5, 0.6) is 0 Å². The summed E-state index contributed by atoms with van der Waals surface area (Å²) in [7, 11) is 0. The first-order valence-electron chi connectivity index (χ1n) is 8.24. The minimum Gasteiger partial charge on any atom is -0.313 e. The van der Waals surface area contributed by atoms with Crippen molar-refractivity contribution in [1.82, 2.24) is 0 Å². The highest BCUT2D eigenvalue weighted by atomic mass is 32.1. The van der Waals surface area contributed by atoms with Gasteiger partial charge in [0.1, 0.15) is 0 Å². The van der Waals surface area contributed by atoms with Gasteiger partial charge in [0.05, 0.1) is 11.4 Å². The van der Waals surface area contributed by atoms with Crippen LogP contribution in [0, 0.1) is 0 Å². The zero-order valence-corrected chi connectivity index (χ0v) is 14.6.